The quantitative estimate of drug-likeness (QED) is 0.574. The number of hydrogen-bond donors (Lipinski definition) is 0. The summed E-state index contributed by atoms with van der Waals surface area (Å²) in [5.74, 6) is 0. The van der Waals surface area contributed by atoms with Crippen molar-refractivity contribution in [2.75, 3.05) is 0 Å². The summed E-state index contributed by atoms with van der Waals surface area (Å²) in [7, 11) is 0. The molecule has 0 saturated heterocycles. The largest absolute Gasteiger partial charge is 0.471 e. The molecule has 0 aromatic carbocycles. The van der Waals surface area contributed by atoms with Gasteiger partial charge in [0, 0.05) is 0 Å². The Labute approximate surface area is 60.8 Å². The van der Waals surface area contributed by atoms with Crippen LogP contribution in [0.5, 0.6) is 0 Å². The third-order valence-corrected chi connectivity index (χ3v) is 5.38. The van der Waals surface area contributed by atoms with Gasteiger partial charge in [-0.2, -0.15) is 0 Å². The van der Waals surface area contributed by atoms with Crippen LogP contribution in [-0.4, -0.2) is 23.7 Å². The molecule has 3 heteroatoms. The van der Waals surface area contributed by atoms with Gasteiger partial charge in [0.1, 0.15) is 0 Å². The summed E-state index contributed by atoms with van der Waals surface area (Å²) in [6.07, 6.45) is 1.34. The highest BCUT2D eigenvalue weighted by molar-refractivity contribution is 9.23. The SMILES string of the molecule is CC[CH](C)[Mg][Br].O. The van der Waals surface area contributed by atoms with Crippen LogP contribution in [0, 0.1) is 0 Å². The van der Waals surface area contributed by atoms with Crippen LogP contribution < -0.4 is 0 Å². The van der Waals surface area contributed by atoms with Gasteiger partial charge in [0.15, 0.2) is 0 Å². The third-order valence-electron chi connectivity index (χ3n) is 0.960. The lowest BCUT2D eigenvalue weighted by atomic mass is 10.4. The number of halogens is 1. The third kappa shape index (κ3) is 7.21. The van der Waals surface area contributed by atoms with Gasteiger partial charge in [-0.1, -0.05) is 20.3 Å². The lowest BCUT2D eigenvalue weighted by Gasteiger charge is -1.95. The molecule has 2 N–H and O–H groups in total. The van der Waals surface area contributed by atoms with Gasteiger partial charge in [0.25, 0.3) is 0 Å². The van der Waals surface area contributed by atoms with Crippen LogP contribution >= 0.6 is 12.9 Å². The molecule has 0 fully saturated rings. The Balaban J connectivity index is 0. The molecule has 1 nitrogen and oxygen atoms in total. The van der Waals surface area contributed by atoms with E-state index in [4.69, 9.17) is 0 Å². The van der Waals surface area contributed by atoms with Crippen LogP contribution in [0.4, 0.5) is 0 Å². The first kappa shape index (κ1) is 11.1. The molecule has 0 radical (unpaired) electrons. The van der Waals surface area contributed by atoms with Crippen molar-refractivity contribution < 1.29 is 5.48 Å². The molecule has 0 aliphatic carbocycles. The maximum absolute atomic E-state index is 3.51. The average Bonchev–Trinajstić information content (AvgIpc) is 1.65. The summed E-state index contributed by atoms with van der Waals surface area (Å²) in [5.41, 5.74) is 0. The summed E-state index contributed by atoms with van der Waals surface area (Å²) in [6.45, 7) is 4.53. The standard InChI is InChI=1S/C4H9.BrH.Mg.H2O/c1-3-4-2;;;/h3H,4H2,1-2H3;1H;;1H2/q;;+1;/p-1. The second-order valence-corrected chi connectivity index (χ2v) is 5.31. The van der Waals surface area contributed by atoms with Gasteiger partial charge in [0.2, 0.25) is 0 Å². The van der Waals surface area contributed by atoms with Gasteiger partial charge in [-0.25, -0.2) is 0 Å². The van der Waals surface area contributed by atoms with Crippen molar-refractivity contribution >= 4 is 31.1 Å². The van der Waals surface area contributed by atoms with Crippen molar-refractivity contribution in [3.05, 3.63) is 0 Å². The zero-order chi connectivity index (χ0) is 4.99. The van der Waals surface area contributed by atoms with Gasteiger partial charge in [-0.05, 0) is 0 Å². The highest BCUT2D eigenvalue weighted by atomic mass is 79.9. The first-order chi connectivity index (χ1) is 2.81. The number of rotatable bonds is 2. The Morgan fingerprint density at radius 3 is 2.14 bits per heavy atom. The Morgan fingerprint density at radius 1 is 1.71 bits per heavy atom. The fraction of sp³-hybridized carbons (Fsp3) is 1.00. The molecular formula is C4H11BrMgO. The normalized spacial score (nSPS) is 11.3. The van der Waals surface area contributed by atoms with Gasteiger partial charge in [0.05, 0.1) is 0 Å². The molecule has 1 unspecified atom stereocenters. The second-order valence-electron chi connectivity index (χ2n) is 1.67. The predicted octanol–water partition coefficient (Wildman–Crippen LogP) is 1.39. The zero-order valence-corrected chi connectivity index (χ0v) is 7.87. The van der Waals surface area contributed by atoms with Crippen LogP contribution in [0.3, 0.4) is 0 Å². The van der Waals surface area contributed by atoms with Crippen molar-refractivity contribution in [1.82, 2.24) is 0 Å². The summed E-state index contributed by atoms with van der Waals surface area (Å²) < 4.78 is 0.991. The first-order valence-corrected chi connectivity index (χ1v) is 7.08. The molecule has 0 aliphatic heterocycles. The van der Waals surface area contributed by atoms with Crippen LogP contribution in [0.1, 0.15) is 20.3 Å². The Hall–Kier alpha value is 1.21. The lowest BCUT2D eigenvalue weighted by Crippen LogP contribution is -1.86. The molecule has 1 atom stereocenters. The van der Waals surface area contributed by atoms with Crippen LogP contribution in [0.25, 0.3) is 0 Å². The molecule has 0 spiro atoms. The van der Waals surface area contributed by atoms with Gasteiger partial charge < -0.3 is 18.4 Å². The first-order valence-electron chi connectivity index (χ1n) is 2.37. The average molecular weight is 179 g/mol. The topological polar surface area (TPSA) is 31.5 Å². The molecule has 0 rings (SSSR count). The van der Waals surface area contributed by atoms with Crippen molar-refractivity contribution in [3.8, 4) is 0 Å². The van der Waals surface area contributed by atoms with Crippen LogP contribution in [-0.2, 0) is 0 Å². The molecule has 0 saturated carbocycles. The minimum absolute atomic E-state index is 0. The van der Waals surface area contributed by atoms with E-state index in [1.807, 2.05) is 0 Å². The van der Waals surface area contributed by atoms with E-state index >= 15 is 0 Å². The fourth-order valence-electron chi connectivity index (χ4n) is 0.109. The monoisotopic (exact) mass is 178 g/mol. The van der Waals surface area contributed by atoms with Crippen LogP contribution in [0.2, 0.25) is 4.05 Å². The maximum Gasteiger partial charge on any atom is 0.471 e. The van der Waals surface area contributed by atoms with Gasteiger partial charge in [-0.15, -0.1) is 4.05 Å². The molecule has 42 valence electrons. The minimum atomic E-state index is 0. The maximum atomic E-state index is 3.51. The lowest BCUT2D eigenvalue weighted by molar-refractivity contribution is 0.824. The van der Waals surface area contributed by atoms with E-state index in [0.717, 1.165) is 4.05 Å². The van der Waals surface area contributed by atoms with E-state index in [1.54, 1.807) is 0 Å². The second kappa shape index (κ2) is 7.21. The van der Waals surface area contributed by atoms with Crippen molar-refractivity contribution in [3.63, 3.8) is 0 Å². The Kier molecular flexibility index (Phi) is 11.4. The molecule has 0 aromatic heterocycles. The highest BCUT2D eigenvalue weighted by Crippen LogP contribution is 2.07. The Morgan fingerprint density at radius 2 is 2.14 bits per heavy atom. The van der Waals surface area contributed by atoms with E-state index in [9.17, 15) is 0 Å². The molecule has 7 heavy (non-hydrogen) atoms. The smallest absolute Gasteiger partial charge is 0.412 e. The summed E-state index contributed by atoms with van der Waals surface area (Å²) in [5, 5.41) is 0. The molecule has 0 heterocycles. The van der Waals surface area contributed by atoms with E-state index in [0.29, 0.717) is 0 Å². The molecule has 0 aliphatic rings. The van der Waals surface area contributed by atoms with Crippen molar-refractivity contribution in [1.29, 1.82) is 0 Å². The zero-order valence-electron chi connectivity index (χ0n) is 4.87. The van der Waals surface area contributed by atoms with E-state index in [2.05, 4.69) is 26.7 Å². The molecular weight excluding hydrogens is 168 g/mol. The summed E-state index contributed by atoms with van der Waals surface area (Å²) >= 11 is 3.66. The molecule has 0 aromatic rings. The summed E-state index contributed by atoms with van der Waals surface area (Å²) in [6, 6.07) is 0. The van der Waals surface area contributed by atoms with Crippen molar-refractivity contribution in [2.24, 2.45) is 0 Å². The molecule has 0 amide bonds. The van der Waals surface area contributed by atoms with Gasteiger partial charge >= 0.3 is 18.2 Å². The molecule has 0 bridgehead atoms. The minimum Gasteiger partial charge on any atom is -0.412 e. The van der Waals surface area contributed by atoms with Crippen molar-refractivity contribution in [2.45, 2.75) is 24.3 Å². The van der Waals surface area contributed by atoms with Crippen LogP contribution in [0.15, 0.2) is 0 Å². The van der Waals surface area contributed by atoms with E-state index < -0.39 is 0 Å². The highest BCUT2D eigenvalue weighted by Gasteiger charge is 1.97. The van der Waals surface area contributed by atoms with E-state index in [1.165, 1.54) is 6.42 Å². The predicted molar refractivity (Wildman–Crippen MR) is 38.0 cm³/mol. The van der Waals surface area contributed by atoms with E-state index in [-0.39, 0.29) is 23.7 Å². The summed E-state index contributed by atoms with van der Waals surface area (Å²) in [4.78, 5) is 0. The van der Waals surface area contributed by atoms with Gasteiger partial charge in [-0.3, -0.25) is 0 Å². The number of hydrogen-bond acceptors (Lipinski definition) is 0. The fourth-order valence-corrected chi connectivity index (χ4v) is 1.70. The Bertz CT molecular complexity index is 30.9.